The molecule has 3 heterocycles. The number of urea groups is 1. The molecular weight excluding hydrogens is 410 g/mol. The van der Waals surface area contributed by atoms with E-state index in [1.54, 1.807) is 12.1 Å². The Hall–Kier alpha value is -4.21. The molecule has 10 nitrogen and oxygen atoms in total. The van der Waals surface area contributed by atoms with Crippen LogP contribution in [0, 0.1) is 6.92 Å². The van der Waals surface area contributed by atoms with Gasteiger partial charge in [-0.15, -0.1) is 0 Å². The third-order valence-electron chi connectivity index (χ3n) is 5.65. The predicted molar refractivity (Wildman–Crippen MR) is 116 cm³/mol. The number of hydrogen-bond donors (Lipinski definition) is 3. The lowest BCUT2D eigenvalue weighted by molar-refractivity contribution is -0.133. The molecule has 1 spiro atoms. The second-order valence-electron chi connectivity index (χ2n) is 7.69. The number of nitrogens with one attached hydrogen (secondary N) is 2. The van der Waals surface area contributed by atoms with E-state index in [1.807, 2.05) is 43.3 Å². The summed E-state index contributed by atoms with van der Waals surface area (Å²) < 4.78 is 5.67. The van der Waals surface area contributed by atoms with Crippen LogP contribution in [0.5, 0.6) is 5.75 Å². The number of aromatic nitrogens is 3. The molecule has 2 aliphatic heterocycles. The predicted octanol–water partition coefficient (Wildman–Crippen LogP) is 2.24. The van der Waals surface area contributed by atoms with E-state index in [4.69, 9.17) is 10.5 Å². The summed E-state index contributed by atoms with van der Waals surface area (Å²) in [4.78, 5) is 40.0. The van der Waals surface area contributed by atoms with Gasteiger partial charge in [-0.2, -0.15) is 15.0 Å². The van der Waals surface area contributed by atoms with Gasteiger partial charge in [0, 0.05) is 17.7 Å². The zero-order chi connectivity index (χ0) is 22.3. The minimum atomic E-state index is -1.16. The average molecular weight is 431 g/mol. The van der Waals surface area contributed by atoms with Gasteiger partial charge in [-0.1, -0.05) is 36.4 Å². The number of carbonyl (C=O) groups excluding carboxylic acids is 2. The number of carbonyl (C=O) groups is 2. The highest BCUT2D eigenvalue weighted by atomic mass is 16.5. The smallest absolute Gasteiger partial charge is 0.325 e. The van der Waals surface area contributed by atoms with E-state index in [2.05, 4.69) is 25.6 Å². The van der Waals surface area contributed by atoms with Gasteiger partial charge in [-0.05, 0) is 24.6 Å². The van der Waals surface area contributed by atoms with Crippen molar-refractivity contribution in [3.63, 3.8) is 0 Å². The molecule has 0 aliphatic carbocycles. The number of nitrogens with zero attached hydrogens (tertiary/aromatic N) is 4. The summed E-state index contributed by atoms with van der Waals surface area (Å²) >= 11 is 0. The Balaban J connectivity index is 1.43. The molecule has 4 N–H and O–H groups in total. The molecule has 162 valence electrons. The van der Waals surface area contributed by atoms with E-state index < -0.39 is 11.6 Å². The summed E-state index contributed by atoms with van der Waals surface area (Å²) in [5.74, 6) is 0.646. The van der Waals surface area contributed by atoms with E-state index in [0.29, 0.717) is 24.3 Å². The van der Waals surface area contributed by atoms with Crippen LogP contribution in [0.4, 0.5) is 22.4 Å². The first-order chi connectivity index (χ1) is 15.5. The van der Waals surface area contributed by atoms with Gasteiger partial charge in [-0.25, -0.2) is 4.79 Å². The van der Waals surface area contributed by atoms with Crippen LogP contribution in [-0.4, -0.2) is 38.4 Å². The Bertz CT molecular complexity index is 1230. The van der Waals surface area contributed by atoms with Gasteiger partial charge in [0.25, 0.3) is 5.91 Å². The number of fused-ring (bicyclic) bond motifs is 2. The van der Waals surface area contributed by atoms with Crippen molar-refractivity contribution in [3.05, 3.63) is 65.5 Å². The van der Waals surface area contributed by atoms with Gasteiger partial charge < -0.3 is 21.1 Å². The van der Waals surface area contributed by atoms with Crippen LogP contribution in [0.25, 0.3) is 0 Å². The second kappa shape index (κ2) is 7.49. The molecule has 1 atom stereocenters. The van der Waals surface area contributed by atoms with Crippen molar-refractivity contribution < 1.29 is 14.3 Å². The van der Waals surface area contributed by atoms with Crippen molar-refractivity contribution in [2.24, 2.45) is 0 Å². The number of rotatable bonds is 4. The largest absolute Gasteiger partial charge is 0.493 e. The van der Waals surface area contributed by atoms with E-state index in [0.717, 1.165) is 16.2 Å². The number of ether oxygens (including phenoxy) is 1. The number of hydrogen-bond acceptors (Lipinski definition) is 8. The average Bonchev–Trinajstić information content (AvgIpc) is 3.00. The number of imide groups is 1. The molecule has 3 aromatic rings. The lowest BCUT2D eigenvalue weighted by Crippen LogP contribution is -2.47. The Labute approximate surface area is 183 Å². The highest BCUT2D eigenvalue weighted by Gasteiger charge is 2.54. The Morgan fingerprint density at radius 1 is 1.12 bits per heavy atom. The zero-order valence-corrected chi connectivity index (χ0v) is 17.3. The monoisotopic (exact) mass is 431 g/mol. The molecule has 0 unspecified atom stereocenters. The number of nitrogens with two attached hydrogens (primary N) is 1. The van der Waals surface area contributed by atoms with Crippen molar-refractivity contribution in [1.29, 1.82) is 0 Å². The number of anilines is 3. The van der Waals surface area contributed by atoms with Crippen molar-refractivity contribution in [3.8, 4) is 5.75 Å². The Morgan fingerprint density at radius 2 is 1.91 bits per heavy atom. The first-order valence-corrected chi connectivity index (χ1v) is 10.2. The number of nitrogen functional groups attached to an aromatic ring is 1. The minimum Gasteiger partial charge on any atom is -0.493 e. The minimum absolute atomic E-state index is 0.00994. The van der Waals surface area contributed by atoms with Crippen LogP contribution >= 0.6 is 0 Å². The van der Waals surface area contributed by atoms with E-state index >= 15 is 0 Å². The molecule has 1 aromatic heterocycles. The molecule has 0 bridgehead atoms. The van der Waals surface area contributed by atoms with Crippen LogP contribution < -0.4 is 21.1 Å². The standard InChI is InChI=1S/C22H21N7O3/c1-13-6-2-4-8-15(13)24-20-26-17(25-19(23)27-20)12-29-18(30)22(28-21(29)31)10-11-32-16-9-5-3-7-14(16)22/h2-9H,10-12H2,1H3,(H,28,31)(H3,23,24,25,26,27)/t22-/m1/s1. The number of para-hydroxylation sites is 2. The maximum atomic E-state index is 13.4. The first kappa shape index (κ1) is 19.7. The molecule has 10 heteroatoms. The summed E-state index contributed by atoms with van der Waals surface area (Å²) in [5.41, 5.74) is 7.17. The molecule has 3 amide bonds. The second-order valence-corrected chi connectivity index (χ2v) is 7.69. The molecule has 1 saturated heterocycles. The molecule has 0 saturated carbocycles. The van der Waals surface area contributed by atoms with Gasteiger partial charge in [0.1, 0.15) is 5.75 Å². The van der Waals surface area contributed by atoms with Crippen molar-refractivity contribution >= 4 is 29.5 Å². The fraction of sp³-hybridized carbons (Fsp3) is 0.227. The summed E-state index contributed by atoms with van der Waals surface area (Å²) in [7, 11) is 0. The van der Waals surface area contributed by atoms with Crippen LogP contribution in [0.3, 0.4) is 0 Å². The van der Waals surface area contributed by atoms with Gasteiger partial charge in [0.2, 0.25) is 11.9 Å². The maximum Gasteiger partial charge on any atom is 0.325 e. The van der Waals surface area contributed by atoms with Crippen molar-refractivity contribution in [1.82, 2.24) is 25.2 Å². The summed E-state index contributed by atoms with van der Waals surface area (Å²) in [5, 5.41) is 5.97. The molecular formula is C22H21N7O3. The third-order valence-corrected chi connectivity index (χ3v) is 5.65. The van der Waals surface area contributed by atoms with Crippen LogP contribution in [0.15, 0.2) is 48.5 Å². The molecule has 2 aliphatic rings. The number of aryl methyl sites for hydroxylation is 1. The molecule has 2 aromatic carbocycles. The summed E-state index contributed by atoms with van der Waals surface area (Å²) in [6.07, 6.45) is 0.338. The zero-order valence-electron chi connectivity index (χ0n) is 17.3. The van der Waals surface area contributed by atoms with Gasteiger partial charge in [0.05, 0.1) is 13.2 Å². The molecule has 32 heavy (non-hydrogen) atoms. The highest BCUT2D eigenvalue weighted by Crippen LogP contribution is 2.41. The summed E-state index contributed by atoms with van der Waals surface area (Å²) in [6.45, 7) is 2.14. The van der Waals surface area contributed by atoms with Gasteiger partial charge >= 0.3 is 6.03 Å². The lowest BCUT2D eigenvalue weighted by atomic mass is 9.84. The topological polar surface area (TPSA) is 135 Å². The number of benzene rings is 2. The van der Waals surface area contributed by atoms with Gasteiger partial charge in [0.15, 0.2) is 11.4 Å². The number of amides is 3. The fourth-order valence-corrected chi connectivity index (χ4v) is 4.06. The van der Waals surface area contributed by atoms with Crippen molar-refractivity contribution in [2.45, 2.75) is 25.4 Å². The molecule has 5 rings (SSSR count). The summed E-state index contributed by atoms with van der Waals surface area (Å²) in [6, 6.07) is 14.4. The van der Waals surface area contributed by atoms with E-state index in [9.17, 15) is 9.59 Å². The third kappa shape index (κ3) is 3.25. The fourth-order valence-electron chi connectivity index (χ4n) is 4.06. The van der Waals surface area contributed by atoms with Gasteiger partial charge in [-0.3, -0.25) is 9.69 Å². The van der Waals surface area contributed by atoms with Crippen LogP contribution in [0.2, 0.25) is 0 Å². The quantitative estimate of drug-likeness (QED) is 0.535. The van der Waals surface area contributed by atoms with E-state index in [-0.39, 0.29) is 30.2 Å². The maximum absolute atomic E-state index is 13.4. The first-order valence-electron chi connectivity index (χ1n) is 10.2. The normalized spacial score (nSPS) is 19.5. The SMILES string of the molecule is Cc1ccccc1Nc1nc(N)nc(CN2C(=O)N[C@@]3(CCOc4ccccc43)C2=O)n1. The Kier molecular flexibility index (Phi) is 4.62. The Morgan fingerprint density at radius 3 is 2.75 bits per heavy atom. The lowest BCUT2D eigenvalue weighted by Gasteiger charge is -2.33. The van der Waals surface area contributed by atoms with Crippen LogP contribution in [-0.2, 0) is 16.9 Å². The van der Waals surface area contributed by atoms with Crippen molar-refractivity contribution in [2.75, 3.05) is 17.7 Å². The van der Waals surface area contributed by atoms with E-state index in [1.165, 1.54) is 0 Å². The molecule has 1 fully saturated rings. The van der Waals surface area contributed by atoms with Crippen LogP contribution in [0.1, 0.15) is 23.4 Å². The highest BCUT2D eigenvalue weighted by molar-refractivity contribution is 6.07. The molecule has 0 radical (unpaired) electrons.